The van der Waals surface area contributed by atoms with Gasteiger partial charge in [-0.3, -0.25) is 0 Å². The monoisotopic (exact) mass is 485 g/mol. The van der Waals surface area contributed by atoms with Gasteiger partial charge in [0.05, 0.1) is 29.3 Å². The van der Waals surface area contributed by atoms with Crippen LogP contribution in [0, 0.1) is 13.8 Å². The molecule has 5 aromatic rings. The Labute approximate surface area is 202 Å². The predicted molar refractivity (Wildman–Crippen MR) is 137 cm³/mol. The van der Waals surface area contributed by atoms with Crippen molar-refractivity contribution in [2.75, 3.05) is 12.8 Å². The molecule has 0 fully saturated rings. The van der Waals surface area contributed by atoms with E-state index in [2.05, 4.69) is 15.1 Å². The van der Waals surface area contributed by atoms with E-state index in [9.17, 15) is 8.42 Å². The number of para-hydroxylation sites is 2. The average molecular weight is 486 g/mol. The van der Waals surface area contributed by atoms with Crippen molar-refractivity contribution in [1.82, 2.24) is 14.6 Å². The highest BCUT2D eigenvalue weighted by Gasteiger charge is 2.31. The van der Waals surface area contributed by atoms with Crippen molar-refractivity contribution in [2.45, 2.75) is 23.6 Å². The van der Waals surface area contributed by atoms with E-state index in [1.54, 1.807) is 50.6 Å². The molecular weight excluding hydrogens is 462 g/mol. The number of fused-ring (bicyclic) bond motifs is 2. The highest BCUT2D eigenvalue weighted by atomic mass is 32.2. The number of hydrogen-bond acceptors (Lipinski definition) is 7. The molecule has 0 bridgehead atoms. The Morgan fingerprint density at radius 3 is 2.46 bits per heavy atom. The van der Waals surface area contributed by atoms with Gasteiger partial charge in [0, 0.05) is 0 Å². The molecule has 0 amide bonds. The van der Waals surface area contributed by atoms with E-state index in [4.69, 9.17) is 10.5 Å². The number of benzene rings is 3. The highest BCUT2D eigenvalue weighted by Crippen LogP contribution is 2.36. The maximum absolute atomic E-state index is 13.9. The zero-order valence-electron chi connectivity index (χ0n) is 19.4. The van der Waals surface area contributed by atoms with Gasteiger partial charge in [0.1, 0.15) is 22.0 Å². The van der Waals surface area contributed by atoms with Crippen LogP contribution < -0.4 is 10.5 Å². The van der Waals surface area contributed by atoms with Crippen molar-refractivity contribution in [3.8, 4) is 5.75 Å². The fraction of sp³-hybridized carbons (Fsp3) is 0.115. The van der Waals surface area contributed by atoms with Gasteiger partial charge in [0.15, 0.2) is 5.65 Å². The smallest absolute Gasteiger partial charge is 0.212 e. The fourth-order valence-electron chi connectivity index (χ4n) is 3.96. The minimum absolute atomic E-state index is 0.0599. The van der Waals surface area contributed by atoms with E-state index in [-0.39, 0.29) is 26.8 Å². The first-order valence-corrected chi connectivity index (χ1v) is 12.4. The molecule has 0 aliphatic heterocycles. The van der Waals surface area contributed by atoms with Crippen molar-refractivity contribution >= 4 is 44.1 Å². The van der Waals surface area contributed by atoms with E-state index >= 15 is 0 Å². The Hall–Kier alpha value is -4.24. The number of aromatic nitrogens is 3. The fourth-order valence-corrected chi connectivity index (χ4v) is 5.76. The summed E-state index contributed by atoms with van der Waals surface area (Å²) in [4.78, 5) is 9.39. The van der Waals surface area contributed by atoms with Gasteiger partial charge in [-0.25, -0.2) is 18.4 Å². The van der Waals surface area contributed by atoms with E-state index in [0.717, 1.165) is 11.1 Å². The summed E-state index contributed by atoms with van der Waals surface area (Å²) < 4.78 is 34.4. The molecule has 35 heavy (non-hydrogen) atoms. The van der Waals surface area contributed by atoms with Gasteiger partial charge >= 0.3 is 0 Å². The topological polar surface area (TPSA) is 112 Å². The zero-order chi connectivity index (χ0) is 24.7. The molecule has 0 unspecified atom stereocenters. The van der Waals surface area contributed by atoms with E-state index < -0.39 is 9.84 Å². The largest absolute Gasteiger partial charge is 0.497 e. The lowest BCUT2D eigenvalue weighted by Crippen LogP contribution is -2.08. The molecule has 8 nitrogen and oxygen atoms in total. The van der Waals surface area contributed by atoms with Gasteiger partial charge in [0.25, 0.3) is 0 Å². The van der Waals surface area contributed by atoms with Crippen LogP contribution in [0.1, 0.15) is 16.7 Å². The van der Waals surface area contributed by atoms with Gasteiger partial charge in [-0.2, -0.15) is 9.78 Å². The number of methoxy groups -OCH3 is 1. The molecule has 3 aromatic carbocycles. The molecule has 0 aliphatic rings. The third-order valence-electron chi connectivity index (χ3n) is 5.75. The van der Waals surface area contributed by atoms with Gasteiger partial charge in [0.2, 0.25) is 9.84 Å². The van der Waals surface area contributed by atoms with Crippen LogP contribution in [-0.4, -0.2) is 36.4 Å². The Bertz CT molecular complexity index is 1740. The molecular formula is C26H23N5O3S. The number of nitrogen functional groups attached to an aromatic ring is 1. The molecule has 0 atom stereocenters. The van der Waals surface area contributed by atoms with Crippen molar-refractivity contribution in [1.29, 1.82) is 0 Å². The first kappa shape index (κ1) is 22.5. The molecule has 5 rings (SSSR count). The number of anilines is 1. The van der Waals surface area contributed by atoms with E-state index in [1.807, 2.05) is 43.3 Å². The molecule has 2 heterocycles. The number of hydrogen-bond donors (Lipinski definition) is 1. The number of aryl methyl sites for hydroxylation is 2. The van der Waals surface area contributed by atoms with Crippen LogP contribution in [0.5, 0.6) is 5.75 Å². The standard InChI is InChI=1S/C26H23N5O3S/c1-16-11-12-17(2)22(13-16)35(32,33)24-23-26(30-21-10-5-4-9-20(21)29-23)31(25(24)27)28-15-18-7-6-8-19(14-18)34-3/h4-15H,27H2,1-3H3/b28-15+. The average Bonchev–Trinajstić information content (AvgIpc) is 3.13. The Morgan fingerprint density at radius 1 is 0.971 bits per heavy atom. The number of nitrogens with zero attached hydrogens (tertiary/aromatic N) is 4. The van der Waals surface area contributed by atoms with Crippen LogP contribution in [0.2, 0.25) is 0 Å². The lowest BCUT2D eigenvalue weighted by Gasteiger charge is -2.09. The van der Waals surface area contributed by atoms with E-state index in [0.29, 0.717) is 22.3 Å². The SMILES string of the molecule is COc1cccc(/C=N/n2c(N)c(S(=O)(=O)c3cc(C)ccc3C)c3nc4ccccc4nc32)c1. The van der Waals surface area contributed by atoms with Gasteiger partial charge in [-0.15, -0.1) is 0 Å². The summed E-state index contributed by atoms with van der Waals surface area (Å²) in [6, 6.07) is 19.8. The summed E-state index contributed by atoms with van der Waals surface area (Å²) >= 11 is 0. The lowest BCUT2D eigenvalue weighted by atomic mass is 10.2. The Kier molecular flexibility index (Phi) is 5.49. The normalized spacial score (nSPS) is 12.1. The molecule has 2 N–H and O–H groups in total. The van der Waals surface area contributed by atoms with Crippen molar-refractivity contribution in [2.24, 2.45) is 5.10 Å². The van der Waals surface area contributed by atoms with Crippen LogP contribution in [0.3, 0.4) is 0 Å². The number of ether oxygens (including phenoxy) is 1. The highest BCUT2D eigenvalue weighted by molar-refractivity contribution is 7.92. The van der Waals surface area contributed by atoms with Crippen molar-refractivity contribution in [3.63, 3.8) is 0 Å². The van der Waals surface area contributed by atoms with Crippen LogP contribution >= 0.6 is 0 Å². The summed E-state index contributed by atoms with van der Waals surface area (Å²) in [5.74, 6) is 0.610. The lowest BCUT2D eigenvalue weighted by molar-refractivity contribution is 0.415. The van der Waals surface area contributed by atoms with Crippen molar-refractivity contribution in [3.05, 3.63) is 83.4 Å². The van der Waals surface area contributed by atoms with Crippen LogP contribution in [0.4, 0.5) is 5.82 Å². The molecule has 0 spiro atoms. The summed E-state index contributed by atoms with van der Waals surface area (Å²) in [6.07, 6.45) is 1.57. The van der Waals surface area contributed by atoms with Gasteiger partial charge in [-0.05, 0) is 60.9 Å². The van der Waals surface area contributed by atoms with Gasteiger partial charge < -0.3 is 10.5 Å². The number of rotatable bonds is 5. The second-order valence-corrected chi connectivity index (χ2v) is 10.1. The minimum atomic E-state index is -4.03. The number of nitrogens with two attached hydrogens (primary N) is 1. The Balaban J connectivity index is 1.80. The van der Waals surface area contributed by atoms with Crippen LogP contribution in [0.25, 0.3) is 22.2 Å². The van der Waals surface area contributed by atoms with Crippen molar-refractivity contribution < 1.29 is 13.2 Å². The first-order valence-electron chi connectivity index (χ1n) is 10.9. The third kappa shape index (κ3) is 3.89. The number of sulfone groups is 1. The summed E-state index contributed by atoms with van der Waals surface area (Å²) in [7, 11) is -2.45. The van der Waals surface area contributed by atoms with E-state index in [1.165, 1.54) is 4.68 Å². The first-order chi connectivity index (χ1) is 16.8. The van der Waals surface area contributed by atoms with Crippen LogP contribution in [0.15, 0.2) is 81.6 Å². The summed E-state index contributed by atoms with van der Waals surface area (Å²) in [6.45, 7) is 3.60. The maximum Gasteiger partial charge on any atom is 0.212 e. The summed E-state index contributed by atoms with van der Waals surface area (Å²) in [5.41, 5.74) is 10.3. The molecule has 9 heteroatoms. The zero-order valence-corrected chi connectivity index (χ0v) is 20.2. The Morgan fingerprint density at radius 2 is 1.71 bits per heavy atom. The second-order valence-electron chi connectivity index (χ2n) is 8.20. The third-order valence-corrected chi connectivity index (χ3v) is 7.71. The molecule has 2 aromatic heterocycles. The molecule has 0 saturated heterocycles. The van der Waals surface area contributed by atoms with Crippen LogP contribution in [-0.2, 0) is 9.84 Å². The molecule has 0 saturated carbocycles. The molecule has 0 radical (unpaired) electrons. The summed E-state index contributed by atoms with van der Waals surface area (Å²) in [5, 5.41) is 4.50. The quantitative estimate of drug-likeness (QED) is 0.367. The maximum atomic E-state index is 13.9. The van der Waals surface area contributed by atoms with Gasteiger partial charge in [-0.1, -0.05) is 36.4 Å². The minimum Gasteiger partial charge on any atom is -0.497 e. The predicted octanol–water partition coefficient (Wildman–Crippen LogP) is 4.51. The molecule has 176 valence electrons. The second kappa shape index (κ2) is 8.52. The molecule has 0 aliphatic carbocycles.